The molecule has 14 nitrogen and oxygen atoms in total. The average Bonchev–Trinajstić information content (AvgIpc) is 3.56. The van der Waals surface area contributed by atoms with Gasteiger partial charge in [-0.25, -0.2) is 19.0 Å². The van der Waals surface area contributed by atoms with E-state index in [2.05, 4.69) is 19.7 Å². The number of carbonyl (C=O) groups excluding carboxylic acids is 2. The van der Waals surface area contributed by atoms with Gasteiger partial charge in [0.25, 0.3) is 5.60 Å². The summed E-state index contributed by atoms with van der Waals surface area (Å²) in [6.45, 7) is 1.39. The number of aromatic nitrogens is 4. The molecule has 0 saturated carbocycles. The number of nitrogen functional groups attached to an aromatic ring is 1. The largest absolute Gasteiger partial charge is 0.573 e. The van der Waals surface area contributed by atoms with Crippen molar-refractivity contribution in [1.29, 1.82) is 0 Å². The fourth-order valence-electron chi connectivity index (χ4n) is 5.50. The summed E-state index contributed by atoms with van der Waals surface area (Å²) in [7, 11) is 1.26. The minimum Gasteiger partial charge on any atom is -0.462 e. The number of hydrogen-bond donors (Lipinski definition) is 1. The minimum atomic E-state index is -5.02. The van der Waals surface area contributed by atoms with Crippen molar-refractivity contribution in [2.75, 3.05) is 58.9 Å². The summed E-state index contributed by atoms with van der Waals surface area (Å²) in [5.74, 6) is -3.04. The first-order valence-electron chi connectivity index (χ1n) is 16.4. The Morgan fingerprint density at radius 1 is 1.02 bits per heavy atom. The summed E-state index contributed by atoms with van der Waals surface area (Å²) in [6.07, 6.45) is -7.91. The number of imidazole rings is 1. The van der Waals surface area contributed by atoms with Crippen LogP contribution in [0.15, 0.2) is 60.9 Å². The molecule has 5 rings (SSSR count). The summed E-state index contributed by atoms with van der Waals surface area (Å²) in [4.78, 5) is 42.1. The van der Waals surface area contributed by atoms with E-state index in [0.717, 1.165) is 23.0 Å². The predicted octanol–water partition coefficient (Wildman–Crippen LogP) is 4.45. The molecule has 4 aromatic rings. The molecule has 3 heterocycles. The first kappa shape index (κ1) is 39.6. The second-order valence-electron chi connectivity index (χ2n) is 11.9. The van der Waals surface area contributed by atoms with Gasteiger partial charge in [-0.2, -0.15) is 9.97 Å². The molecule has 1 aliphatic rings. The second-order valence-corrected chi connectivity index (χ2v) is 12.2. The molecule has 0 bridgehead atoms. The van der Waals surface area contributed by atoms with Gasteiger partial charge in [0.15, 0.2) is 17.8 Å². The number of benzene rings is 2. The minimum absolute atomic E-state index is 0.00871. The predicted molar refractivity (Wildman–Crippen MR) is 180 cm³/mol. The highest BCUT2D eigenvalue weighted by atomic mass is 35.5. The average molecular weight is 769 g/mol. The van der Waals surface area contributed by atoms with E-state index in [9.17, 15) is 22.8 Å². The Morgan fingerprint density at radius 3 is 2.45 bits per heavy atom. The lowest BCUT2D eigenvalue weighted by molar-refractivity contribution is -0.274. The highest BCUT2D eigenvalue weighted by Gasteiger charge is 2.51. The van der Waals surface area contributed by atoms with Gasteiger partial charge in [-0.05, 0) is 34.9 Å². The Bertz CT molecular complexity index is 1830. The summed E-state index contributed by atoms with van der Waals surface area (Å²) in [5.41, 5.74) is 3.98. The highest BCUT2D eigenvalue weighted by molar-refractivity contribution is 6.28. The summed E-state index contributed by atoms with van der Waals surface area (Å²) in [6, 6.07) is 13.2. The maximum Gasteiger partial charge on any atom is 0.573 e. The zero-order valence-corrected chi connectivity index (χ0v) is 29.2. The second kappa shape index (κ2) is 17.9. The van der Waals surface area contributed by atoms with E-state index >= 15 is 4.39 Å². The van der Waals surface area contributed by atoms with Gasteiger partial charge >= 0.3 is 18.3 Å². The number of fused-ring (bicyclic) bond motifs is 1. The number of anilines is 1. The number of alkyl halides is 4. The van der Waals surface area contributed by atoms with Crippen LogP contribution < -0.4 is 10.5 Å². The molecule has 0 aliphatic carbocycles. The van der Waals surface area contributed by atoms with Crippen molar-refractivity contribution in [2.24, 2.45) is 0 Å². The SMILES string of the molecule is COC(COC(Cc1cccc(OC(F)(F)F)c1)(C(=O)OCCN1CCOCC1)C(=O)OCc1ccccc1)CC(F)n1cnc2c(N)nc(Cl)nc21. The summed E-state index contributed by atoms with van der Waals surface area (Å²) < 4.78 is 88.5. The zero-order chi connectivity index (χ0) is 38.0. The number of nitrogens with two attached hydrogens (primary N) is 1. The van der Waals surface area contributed by atoms with Crippen molar-refractivity contribution < 1.29 is 55.6 Å². The van der Waals surface area contributed by atoms with Crippen LogP contribution in [0, 0.1) is 0 Å². The van der Waals surface area contributed by atoms with E-state index in [1.165, 1.54) is 19.2 Å². The third-order valence-electron chi connectivity index (χ3n) is 8.23. The van der Waals surface area contributed by atoms with Crippen molar-refractivity contribution in [3.05, 3.63) is 77.3 Å². The van der Waals surface area contributed by atoms with Crippen molar-refractivity contribution >= 4 is 40.5 Å². The van der Waals surface area contributed by atoms with Gasteiger partial charge < -0.3 is 34.2 Å². The van der Waals surface area contributed by atoms with E-state index in [1.54, 1.807) is 30.3 Å². The van der Waals surface area contributed by atoms with E-state index in [1.807, 2.05) is 4.90 Å². The monoisotopic (exact) mass is 768 g/mol. The molecule has 3 atom stereocenters. The van der Waals surface area contributed by atoms with Crippen LogP contribution in [-0.2, 0) is 46.3 Å². The Balaban J connectivity index is 1.44. The van der Waals surface area contributed by atoms with E-state index < -0.39 is 61.5 Å². The maximum absolute atomic E-state index is 15.9. The first-order valence-corrected chi connectivity index (χ1v) is 16.7. The Hall–Kier alpha value is -4.62. The Labute approximate surface area is 306 Å². The number of morpholine rings is 1. The molecule has 1 saturated heterocycles. The molecular weight excluding hydrogens is 732 g/mol. The molecule has 0 amide bonds. The van der Waals surface area contributed by atoms with Gasteiger partial charge in [-0.1, -0.05) is 42.5 Å². The molecule has 2 N–H and O–H groups in total. The summed E-state index contributed by atoms with van der Waals surface area (Å²) in [5, 5.41) is -0.230. The molecule has 1 aliphatic heterocycles. The number of ether oxygens (including phenoxy) is 6. The van der Waals surface area contributed by atoms with Crippen LogP contribution >= 0.6 is 11.6 Å². The van der Waals surface area contributed by atoms with E-state index in [0.29, 0.717) is 38.4 Å². The number of methoxy groups -OCH3 is 1. The molecule has 53 heavy (non-hydrogen) atoms. The lowest BCUT2D eigenvalue weighted by atomic mass is 9.93. The molecule has 2 aromatic heterocycles. The van der Waals surface area contributed by atoms with Crippen LogP contribution in [0.2, 0.25) is 5.28 Å². The van der Waals surface area contributed by atoms with Gasteiger partial charge in [-0.3, -0.25) is 9.47 Å². The lowest BCUT2D eigenvalue weighted by Crippen LogP contribution is -2.54. The molecule has 0 spiro atoms. The van der Waals surface area contributed by atoms with Gasteiger partial charge in [0.2, 0.25) is 5.28 Å². The van der Waals surface area contributed by atoms with Crippen LogP contribution in [0.5, 0.6) is 5.75 Å². The normalized spacial score (nSPS) is 16.1. The van der Waals surface area contributed by atoms with Gasteiger partial charge in [0, 0.05) is 39.6 Å². The van der Waals surface area contributed by atoms with Gasteiger partial charge in [-0.15, -0.1) is 13.2 Å². The fourth-order valence-corrected chi connectivity index (χ4v) is 5.67. The van der Waals surface area contributed by atoms with Crippen LogP contribution in [0.1, 0.15) is 23.8 Å². The third kappa shape index (κ3) is 10.7. The van der Waals surface area contributed by atoms with Crippen molar-refractivity contribution in [2.45, 2.75) is 43.8 Å². The van der Waals surface area contributed by atoms with Crippen molar-refractivity contribution in [3.8, 4) is 5.75 Å². The Kier molecular flexibility index (Phi) is 13.4. The van der Waals surface area contributed by atoms with Crippen LogP contribution in [-0.4, -0.2) is 108 Å². The topological polar surface area (TPSA) is 162 Å². The molecule has 19 heteroatoms. The summed E-state index contributed by atoms with van der Waals surface area (Å²) >= 11 is 5.93. The zero-order valence-electron chi connectivity index (χ0n) is 28.5. The maximum atomic E-state index is 15.9. The number of halogens is 5. The van der Waals surface area contributed by atoms with Crippen LogP contribution in [0.3, 0.4) is 0 Å². The fraction of sp³-hybridized carbons (Fsp3) is 0.441. The van der Waals surface area contributed by atoms with Gasteiger partial charge in [0.1, 0.15) is 24.5 Å². The standard InChI is InChI=1S/C34H37ClF4N6O8/c1-48-25(17-26(36)45-21-41-27-28(40)42-32(35)43-29(27)45)20-52-33(31(47)51-19-22-6-3-2-4-7-22,30(46)50-15-12-44-10-13-49-14-11-44)18-23-8-5-9-24(16-23)53-34(37,38)39/h2-9,16,21,25-26H,10-15,17-20H2,1H3,(H2,40,42,43). The molecule has 286 valence electrons. The Morgan fingerprint density at radius 2 is 1.74 bits per heavy atom. The lowest BCUT2D eigenvalue weighted by Gasteiger charge is -2.32. The van der Waals surface area contributed by atoms with E-state index in [-0.39, 0.29) is 41.0 Å². The molecule has 2 aromatic carbocycles. The first-order chi connectivity index (χ1) is 25.4. The number of nitrogens with zero attached hydrogens (tertiary/aromatic N) is 5. The number of carbonyl (C=O) groups is 2. The van der Waals surface area contributed by atoms with E-state index in [4.69, 9.17) is 41.0 Å². The number of rotatable bonds is 17. The highest BCUT2D eigenvalue weighted by Crippen LogP contribution is 2.30. The molecular formula is C34H37ClF4N6O8. The number of hydrogen-bond acceptors (Lipinski definition) is 13. The molecule has 3 unspecified atom stereocenters. The molecule has 0 radical (unpaired) electrons. The number of esters is 2. The third-order valence-corrected chi connectivity index (χ3v) is 8.40. The van der Waals surface area contributed by atoms with Crippen LogP contribution in [0.4, 0.5) is 23.4 Å². The van der Waals surface area contributed by atoms with Crippen molar-refractivity contribution in [3.63, 3.8) is 0 Å². The van der Waals surface area contributed by atoms with Gasteiger partial charge in [0.05, 0.1) is 32.3 Å². The van der Waals surface area contributed by atoms with Crippen LogP contribution in [0.25, 0.3) is 11.2 Å². The van der Waals surface area contributed by atoms with Crippen molar-refractivity contribution in [1.82, 2.24) is 24.4 Å². The smallest absolute Gasteiger partial charge is 0.462 e. The quantitative estimate of drug-likeness (QED) is 0.0695. The molecule has 1 fully saturated rings.